The van der Waals surface area contributed by atoms with Crippen LogP contribution in [-0.2, 0) is 14.8 Å². The number of rotatable bonds is 5. The lowest BCUT2D eigenvalue weighted by molar-refractivity contribution is -0.123. The minimum absolute atomic E-state index is 0.0473. The third-order valence-corrected chi connectivity index (χ3v) is 6.39. The first-order valence-corrected chi connectivity index (χ1v) is 10.6. The monoisotopic (exact) mass is 419 g/mol. The van der Waals surface area contributed by atoms with Crippen molar-refractivity contribution in [2.75, 3.05) is 17.8 Å². The highest BCUT2D eigenvalue weighted by Gasteiger charge is 2.26. The number of halogens is 1. The zero-order chi connectivity index (χ0) is 21.2. The van der Waals surface area contributed by atoms with E-state index in [1.54, 1.807) is 4.90 Å². The van der Waals surface area contributed by atoms with Crippen molar-refractivity contribution in [3.05, 3.63) is 59.4 Å². The Hall–Kier alpha value is -2.94. The number of benzene rings is 2. The summed E-state index contributed by atoms with van der Waals surface area (Å²) in [6.45, 7) is 2.39. The Kier molecular flexibility index (Phi) is 5.88. The van der Waals surface area contributed by atoms with Crippen molar-refractivity contribution in [2.45, 2.75) is 24.7 Å². The summed E-state index contributed by atoms with van der Waals surface area (Å²) in [5.41, 5.74) is 6.25. The summed E-state index contributed by atoms with van der Waals surface area (Å²) in [4.78, 5) is 25.4. The molecule has 0 radical (unpaired) electrons. The SMILES string of the molecule is Cc1cc(S(=O)(=O)Nc2ccc(C(=O)N3CCC(C(N)=O)CC3)cc2)ccc1F. The molecule has 0 aromatic heterocycles. The largest absolute Gasteiger partial charge is 0.369 e. The summed E-state index contributed by atoms with van der Waals surface area (Å²) in [6, 6.07) is 9.62. The number of nitrogens with zero attached hydrogens (tertiary/aromatic N) is 1. The highest BCUT2D eigenvalue weighted by molar-refractivity contribution is 7.92. The number of amides is 2. The van der Waals surface area contributed by atoms with Crippen molar-refractivity contribution >= 4 is 27.5 Å². The van der Waals surface area contributed by atoms with Gasteiger partial charge in [0.2, 0.25) is 5.91 Å². The summed E-state index contributed by atoms with van der Waals surface area (Å²) in [7, 11) is -3.88. The summed E-state index contributed by atoms with van der Waals surface area (Å²) in [6.07, 6.45) is 1.08. The van der Waals surface area contributed by atoms with Gasteiger partial charge in [0.1, 0.15) is 5.82 Å². The molecule has 9 heteroatoms. The Morgan fingerprint density at radius 2 is 1.72 bits per heavy atom. The fourth-order valence-corrected chi connectivity index (χ4v) is 4.37. The Morgan fingerprint density at radius 1 is 1.10 bits per heavy atom. The molecular formula is C20H22FN3O4S. The number of hydrogen-bond donors (Lipinski definition) is 2. The van der Waals surface area contributed by atoms with Crippen LogP contribution in [0.25, 0.3) is 0 Å². The number of nitrogens with one attached hydrogen (secondary N) is 1. The van der Waals surface area contributed by atoms with Gasteiger partial charge in [-0.25, -0.2) is 12.8 Å². The maximum Gasteiger partial charge on any atom is 0.261 e. The number of piperidine rings is 1. The Balaban J connectivity index is 1.67. The molecule has 1 fully saturated rings. The lowest BCUT2D eigenvalue weighted by Gasteiger charge is -2.30. The van der Waals surface area contributed by atoms with Gasteiger partial charge in [-0.3, -0.25) is 14.3 Å². The van der Waals surface area contributed by atoms with Crippen LogP contribution < -0.4 is 10.5 Å². The van der Waals surface area contributed by atoms with E-state index in [2.05, 4.69) is 4.72 Å². The third-order valence-electron chi connectivity index (χ3n) is 5.01. The second-order valence-corrected chi connectivity index (χ2v) is 8.75. The smallest absolute Gasteiger partial charge is 0.261 e. The number of primary amides is 1. The van der Waals surface area contributed by atoms with Crippen LogP contribution in [0.15, 0.2) is 47.4 Å². The second kappa shape index (κ2) is 8.20. The molecule has 0 bridgehead atoms. The number of likely N-dealkylation sites (tertiary alicyclic amines) is 1. The molecule has 0 unspecified atom stereocenters. The molecule has 7 nitrogen and oxygen atoms in total. The number of carbonyl (C=O) groups excluding carboxylic acids is 2. The van der Waals surface area contributed by atoms with Crippen molar-refractivity contribution in [1.29, 1.82) is 0 Å². The molecule has 1 aliphatic heterocycles. The van der Waals surface area contributed by atoms with Crippen LogP contribution in [0.5, 0.6) is 0 Å². The molecule has 1 saturated heterocycles. The Morgan fingerprint density at radius 3 is 2.28 bits per heavy atom. The van der Waals surface area contributed by atoms with Gasteiger partial charge in [0.15, 0.2) is 0 Å². The third kappa shape index (κ3) is 4.73. The lowest BCUT2D eigenvalue weighted by Crippen LogP contribution is -2.41. The minimum atomic E-state index is -3.88. The van der Waals surface area contributed by atoms with E-state index in [9.17, 15) is 22.4 Å². The Labute approximate surface area is 168 Å². The molecule has 3 rings (SSSR count). The van der Waals surface area contributed by atoms with Gasteiger partial charge in [0.25, 0.3) is 15.9 Å². The molecule has 1 aliphatic rings. The van der Waals surface area contributed by atoms with Gasteiger partial charge in [0.05, 0.1) is 4.90 Å². The lowest BCUT2D eigenvalue weighted by atomic mass is 9.96. The maximum absolute atomic E-state index is 13.4. The van der Waals surface area contributed by atoms with Gasteiger partial charge in [-0.2, -0.15) is 0 Å². The van der Waals surface area contributed by atoms with E-state index in [0.717, 1.165) is 6.07 Å². The molecular weight excluding hydrogens is 397 g/mol. The summed E-state index contributed by atoms with van der Waals surface area (Å²) in [5.74, 6) is -1.21. The summed E-state index contributed by atoms with van der Waals surface area (Å²) >= 11 is 0. The van der Waals surface area contributed by atoms with E-state index in [1.807, 2.05) is 0 Å². The van der Waals surface area contributed by atoms with Crippen molar-refractivity contribution in [1.82, 2.24) is 4.90 Å². The molecule has 1 heterocycles. The molecule has 0 atom stereocenters. The maximum atomic E-state index is 13.4. The highest BCUT2D eigenvalue weighted by atomic mass is 32.2. The topological polar surface area (TPSA) is 110 Å². The van der Waals surface area contributed by atoms with E-state index >= 15 is 0 Å². The summed E-state index contributed by atoms with van der Waals surface area (Å²) in [5, 5.41) is 0. The van der Waals surface area contributed by atoms with E-state index in [1.165, 1.54) is 43.3 Å². The van der Waals surface area contributed by atoms with E-state index in [0.29, 0.717) is 31.5 Å². The van der Waals surface area contributed by atoms with Gasteiger partial charge in [-0.15, -0.1) is 0 Å². The molecule has 3 N–H and O–H groups in total. The quantitative estimate of drug-likeness (QED) is 0.775. The van der Waals surface area contributed by atoms with E-state index < -0.39 is 15.8 Å². The fourth-order valence-electron chi connectivity index (χ4n) is 3.23. The molecule has 2 aromatic rings. The zero-order valence-corrected chi connectivity index (χ0v) is 16.7. The van der Waals surface area contributed by atoms with Crippen molar-refractivity contribution in [2.24, 2.45) is 11.7 Å². The van der Waals surface area contributed by atoms with Crippen LogP contribution in [0.3, 0.4) is 0 Å². The van der Waals surface area contributed by atoms with Gasteiger partial charge < -0.3 is 10.6 Å². The minimum Gasteiger partial charge on any atom is -0.369 e. The van der Waals surface area contributed by atoms with Gasteiger partial charge in [0, 0.05) is 30.3 Å². The number of sulfonamides is 1. The van der Waals surface area contributed by atoms with Crippen LogP contribution in [0.2, 0.25) is 0 Å². The molecule has 0 spiro atoms. The van der Waals surface area contributed by atoms with Gasteiger partial charge >= 0.3 is 0 Å². The summed E-state index contributed by atoms with van der Waals surface area (Å²) < 4.78 is 40.7. The molecule has 0 aliphatic carbocycles. The van der Waals surface area contributed by atoms with Crippen LogP contribution >= 0.6 is 0 Å². The van der Waals surface area contributed by atoms with Crippen LogP contribution in [0, 0.1) is 18.7 Å². The molecule has 29 heavy (non-hydrogen) atoms. The predicted molar refractivity (Wildman–Crippen MR) is 106 cm³/mol. The predicted octanol–water partition coefficient (Wildman–Crippen LogP) is 2.27. The van der Waals surface area contributed by atoms with Crippen molar-refractivity contribution < 1.29 is 22.4 Å². The van der Waals surface area contributed by atoms with Crippen molar-refractivity contribution in [3.63, 3.8) is 0 Å². The second-order valence-electron chi connectivity index (χ2n) is 7.06. The zero-order valence-electron chi connectivity index (χ0n) is 15.9. The van der Waals surface area contributed by atoms with E-state index in [4.69, 9.17) is 5.73 Å². The van der Waals surface area contributed by atoms with Crippen LogP contribution in [-0.4, -0.2) is 38.2 Å². The molecule has 0 saturated carbocycles. The van der Waals surface area contributed by atoms with Crippen LogP contribution in [0.1, 0.15) is 28.8 Å². The van der Waals surface area contributed by atoms with Crippen molar-refractivity contribution in [3.8, 4) is 0 Å². The highest BCUT2D eigenvalue weighted by Crippen LogP contribution is 2.21. The molecule has 154 valence electrons. The number of hydrogen-bond acceptors (Lipinski definition) is 4. The number of nitrogens with two attached hydrogens (primary N) is 1. The number of aryl methyl sites for hydroxylation is 1. The normalized spacial score (nSPS) is 15.2. The van der Waals surface area contributed by atoms with Gasteiger partial charge in [-0.1, -0.05) is 0 Å². The average Bonchev–Trinajstić information content (AvgIpc) is 2.70. The Bertz CT molecular complexity index is 1030. The van der Waals surface area contributed by atoms with Gasteiger partial charge in [-0.05, 0) is 67.8 Å². The van der Waals surface area contributed by atoms with Crippen LogP contribution in [0.4, 0.5) is 10.1 Å². The standard InChI is InChI=1S/C20H22FN3O4S/c1-13-12-17(6-7-18(13)21)29(27,28)23-16-4-2-15(3-5-16)20(26)24-10-8-14(9-11-24)19(22)25/h2-7,12,14,23H,8-11H2,1H3,(H2,22,25). The first-order valence-electron chi connectivity index (χ1n) is 9.15. The molecule has 2 aromatic carbocycles. The molecule has 2 amide bonds. The number of carbonyl (C=O) groups is 2. The first-order chi connectivity index (χ1) is 13.7. The first kappa shape index (κ1) is 20.8. The average molecular weight is 419 g/mol. The number of anilines is 1. The fraction of sp³-hybridized carbons (Fsp3) is 0.300. The van der Waals surface area contributed by atoms with E-state index in [-0.39, 0.29) is 33.9 Å².